The smallest absolute Gasteiger partial charge is 0.317 e. The van der Waals surface area contributed by atoms with Crippen LogP contribution in [-0.4, -0.2) is 42.7 Å². The molecule has 1 unspecified atom stereocenters. The molecule has 0 bridgehead atoms. The van der Waals surface area contributed by atoms with Crippen LogP contribution in [0.2, 0.25) is 0 Å². The average Bonchev–Trinajstić information content (AvgIpc) is 2.28. The second-order valence-electron chi connectivity index (χ2n) is 4.46. The molecule has 92 valence electrons. The van der Waals surface area contributed by atoms with Crippen LogP contribution in [0.5, 0.6) is 5.75 Å². The normalized spacial score (nSPS) is 18.6. The molecule has 1 aromatic carbocycles. The summed E-state index contributed by atoms with van der Waals surface area (Å²) in [5, 5.41) is 8.74. The van der Waals surface area contributed by atoms with Gasteiger partial charge in [-0.25, -0.2) is 0 Å². The maximum Gasteiger partial charge on any atom is 0.317 e. The molecule has 1 aromatic rings. The second-order valence-corrected chi connectivity index (χ2v) is 4.46. The highest BCUT2D eigenvalue weighted by Gasteiger charge is 2.22. The highest BCUT2D eigenvalue weighted by atomic mass is 16.5. The molecule has 4 heteroatoms. The van der Waals surface area contributed by atoms with Crippen molar-refractivity contribution in [3.63, 3.8) is 0 Å². The lowest BCUT2D eigenvalue weighted by Crippen LogP contribution is -2.31. The first kappa shape index (κ1) is 11.9. The van der Waals surface area contributed by atoms with E-state index in [2.05, 4.69) is 6.07 Å². The van der Waals surface area contributed by atoms with Crippen molar-refractivity contribution < 1.29 is 14.6 Å². The van der Waals surface area contributed by atoms with E-state index in [1.165, 1.54) is 5.56 Å². The Hall–Kier alpha value is -1.55. The van der Waals surface area contributed by atoms with Gasteiger partial charge in [-0.2, -0.15) is 0 Å². The van der Waals surface area contributed by atoms with Gasteiger partial charge in [0.2, 0.25) is 0 Å². The molecule has 0 radical (unpaired) electrons. The van der Waals surface area contributed by atoms with Crippen molar-refractivity contribution in [2.75, 3.05) is 26.7 Å². The summed E-state index contributed by atoms with van der Waals surface area (Å²) in [6.45, 7) is 1.55. The van der Waals surface area contributed by atoms with E-state index in [4.69, 9.17) is 9.84 Å². The molecule has 2 rings (SSSR count). The number of para-hydroxylation sites is 1. The van der Waals surface area contributed by atoms with Gasteiger partial charge in [0.25, 0.3) is 0 Å². The Morgan fingerprint density at radius 3 is 3.06 bits per heavy atom. The maximum atomic E-state index is 10.6. The quantitative estimate of drug-likeness (QED) is 0.860. The number of hydrogen-bond acceptors (Lipinski definition) is 3. The number of benzene rings is 1. The highest BCUT2D eigenvalue weighted by molar-refractivity contribution is 5.69. The number of rotatable bonds is 4. The van der Waals surface area contributed by atoms with Gasteiger partial charge in [-0.3, -0.25) is 9.69 Å². The zero-order valence-electron chi connectivity index (χ0n) is 9.93. The standard InChI is InChI=1S/C13H17NO3/c1-14(9-13(15)16)8-10-6-7-17-12-5-3-2-4-11(10)12/h2-5,10H,6-9H2,1H3,(H,15,16). The lowest BCUT2D eigenvalue weighted by Gasteiger charge is -2.28. The molecule has 0 fully saturated rings. The molecule has 0 spiro atoms. The van der Waals surface area contributed by atoms with Crippen molar-refractivity contribution in [2.45, 2.75) is 12.3 Å². The molecule has 0 aliphatic carbocycles. The SMILES string of the molecule is CN(CC(=O)O)CC1CCOc2ccccc21. The molecule has 17 heavy (non-hydrogen) atoms. The largest absolute Gasteiger partial charge is 0.493 e. The number of likely N-dealkylation sites (N-methyl/N-ethyl adjacent to an activating group) is 1. The van der Waals surface area contributed by atoms with E-state index < -0.39 is 5.97 Å². The molecule has 0 amide bonds. The lowest BCUT2D eigenvalue weighted by atomic mass is 9.93. The molecule has 1 N–H and O–H groups in total. The number of hydrogen-bond donors (Lipinski definition) is 1. The Morgan fingerprint density at radius 1 is 1.53 bits per heavy atom. The van der Waals surface area contributed by atoms with Gasteiger partial charge in [-0.05, 0) is 25.1 Å². The van der Waals surface area contributed by atoms with Crippen molar-refractivity contribution in [1.29, 1.82) is 0 Å². The van der Waals surface area contributed by atoms with E-state index in [0.29, 0.717) is 12.5 Å². The number of ether oxygens (including phenoxy) is 1. The third-order valence-corrected chi connectivity index (χ3v) is 3.02. The third kappa shape index (κ3) is 2.97. The fraction of sp³-hybridized carbons (Fsp3) is 0.462. The van der Waals surface area contributed by atoms with Crippen LogP contribution in [-0.2, 0) is 4.79 Å². The van der Waals surface area contributed by atoms with E-state index in [0.717, 1.165) is 18.7 Å². The van der Waals surface area contributed by atoms with Gasteiger partial charge >= 0.3 is 5.97 Å². The van der Waals surface area contributed by atoms with E-state index >= 15 is 0 Å². The van der Waals surface area contributed by atoms with Crippen LogP contribution < -0.4 is 4.74 Å². The van der Waals surface area contributed by atoms with Crippen LogP contribution in [0.1, 0.15) is 17.9 Å². The van der Waals surface area contributed by atoms with Crippen molar-refractivity contribution >= 4 is 5.97 Å². The second kappa shape index (κ2) is 5.19. The van der Waals surface area contributed by atoms with Crippen molar-refractivity contribution in [3.8, 4) is 5.75 Å². The van der Waals surface area contributed by atoms with Gasteiger partial charge in [0.1, 0.15) is 5.75 Å². The Bertz CT molecular complexity index is 405. The van der Waals surface area contributed by atoms with Gasteiger partial charge in [0, 0.05) is 12.5 Å². The zero-order chi connectivity index (χ0) is 12.3. The van der Waals surface area contributed by atoms with Gasteiger partial charge in [-0.1, -0.05) is 18.2 Å². The first-order chi connectivity index (χ1) is 8.16. The minimum atomic E-state index is -0.784. The fourth-order valence-electron chi connectivity index (χ4n) is 2.28. The third-order valence-electron chi connectivity index (χ3n) is 3.02. The molecule has 0 saturated carbocycles. The summed E-state index contributed by atoms with van der Waals surface area (Å²) in [5.74, 6) is 0.518. The van der Waals surface area contributed by atoms with Gasteiger partial charge in [-0.15, -0.1) is 0 Å². The van der Waals surface area contributed by atoms with Gasteiger partial charge in [0.15, 0.2) is 0 Å². The Kier molecular flexibility index (Phi) is 3.64. The molecule has 1 atom stereocenters. The molecular formula is C13H17NO3. The molecule has 4 nitrogen and oxygen atoms in total. The average molecular weight is 235 g/mol. The molecule has 1 aliphatic rings. The number of carboxylic acid groups (broad SMARTS) is 1. The summed E-state index contributed by atoms with van der Waals surface area (Å²) >= 11 is 0. The lowest BCUT2D eigenvalue weighted by molar-refractivity contribution is -0.138. The summed E-state index contributed by atoms with van der Waals surface area (Å²) < 4.78 is 5.58. The Balaban J connectivity index is 2.05. The van der Waals surface area contributed by atoms with Gasteiger partial charge < -0.3 is 9.84 Å². The van der Waals surface area contributed by atoms with E-state index in [1.54, 1.807) is 0 Å². The van der Waals surface area contributed by atoms with Crippen molar-refractivity contribution in [3.05, 3.63) is 29.8 Å². The Labute approximate surface area is 101 Å². The highest BCUT2D eigenvalue weighted by Crippen LogP contribution is 2.33. The fourth-order valence-corrected chi connectivity index (χ4v) is 2.28. The van der Waals surface area contributed by atoms with Gasteiger partial charge in [0.05, 0.1) is 13.2 Å². The number of nitrogens with zero attached hydrogens (tertiary/aromatic N) is 1. The molecular weight excluding hydrogens is 218 g/mol. The summed E-state index contributed by atoms with van der Waals surface area (Å²) in [6, 6.07) is 7.99. The minimum absolute atomic E-state index is 0.0829. The predicted octanol–water partition coefficient (Wildman–Crippen LogP) is 1.57. The number of fused-ring (bicyclic) bond motifs is 1. The number of carbonyl (C=O) groups is 1. The molecule has 0 saturated heterocycles. The minimum Gasteiger partial charge on any atom is -0.493 e. The van der Waals surface area contributed by atoms with Crippen LogP contribution in [0.3, 0.4) is 0 Å². The van der Waals surface area contributed by atoms with E-state index in [1.807, 2.05) is 30.1 Å². The van der Waals surface area contributed by atoms with Crippen LogP contribution in [0.15, 0.2) is 24.3 Å². The van der Waals surface area contributed by atoms with Crippen molar-refractivity contribution in [2.24, 2.45) is 0 Å². The summed E-state index contributed by atoms with van der Waals surface area (Å²) in [6.07, 6.45) is 0.945. The summed E-state index contributed by atoms with van der Waals surface area (Å²) in [7, 11) is 1.84. The monoisotopic (exact) mass is 235 g/mol. The van der Waals surface area contributed by atoms with Crippen molar-refractivity contribution in [1.82, 2.24) is 4.90 Å². The Morgan fingerprint density at radius 2 is 2.29 bits per heavy atom. The van der Waals surface area contributed by atoms with Crippen LogP contribution in [0, 0.1) is 0 Å². The van der Waals surface area contributed by atoms with E-state index in [-0.39, 0.29) is 6.54 Å². The molecule has 1 aliphatic heterocycles. The first-order valence-corrected chi connectivity index (χ1v) is 5.79. The first-order valence-electron chi connectivity index (χ1n) is 5.79. The topological polar surface area (TPSA) is 49.8 Å². The van der Waals surface area contributed by atoms with Crippen LogP contribution in [0.4, 0.5) is 0 Å². The zero-order valence-corrected chi connectivity index (χ0v) is 9.93. The maximum absolute atomic E-state index is 10.6. The van der Waals surface area contributed by atoms with Crippen LogP contribution >= 0.6 is 0 Å². The number of aliphatic carboxylic acids is 1. The molecule has 0 aromatic heterocycles. The predicted molar refractivity (Wildman–Crippen MR) is 64.4 cm³/mol. The van der Waals surface area contributed by atoms with Crippen LogP contribution in [0.25, 0.3) is 0 Å². The number of carboxylic acids is 1. The summed E-state index contributed by atoms with van der Waals surface area (Å²) in [4.78, 5) is 12.5. The molecule has 1 heterocycles. The summed E-state index contributed by atoms with van der Waals surface area (Å²) in [5.41, 5.74) is 1.19. The van der Waals surface area contributed by atoms with E-state index in [9.17, 15) is 4.79 Å².